The average Bonchev–Trinajstić information content (AvgIpc) is 2.38. The Labute approximate surface area is 111 Å². The van der Waals surface area contributed by atoms with Gasteiger partial charge in [0.25, 0.3) is 0 Å². The van der Waals surface area contributed by atoms with Gasteiger partial charge >= 0.3 is 0 Å². The lowest BCUT2D eigenvalue weighted by molar-refractivity contribution is 0.257. The summed E-state index contributed by atoms with van der Waals surface area (Å²) in [5, 5.41) is 0. The third-order valence-electron chi connectivity index (χ3n) is 4.47. The van der Waals surface area contributed by atoms with Crippen LogP contribution in [0, 0.1) is 11.7 Å². The van der Waals surface area contributed by atoms with E-state index in [9.17, 15) is 4.39 Å². The largest absolute Gasteiger partial charge is 0.207 e. The fourth-order valence-corrected chi connectivity index (χ4v) is 3.28. The lowest BCUT2D eigenvalue weighted by Crippen LogP contribution is -2.29. The molecule has 1 saturated carbocycles. The maximum absolute atomic E-state index is 13.1. The van der Waals surface area contributed by atoms with E-state index in [-0.39, 0.29) is 5.82 Å². The van der Waals surface area contributed by atoms with E-state index in [2.05, 4.69) is 13.8 Å². The van der Waals surface area contributed by atoms with Gasteiger partial charge in [-0.25, -0.2) is 4.39 Å². The van der Waals surface area contributed by atoms with E-state index in [1.807, 2.05) is 12.1 Å². The summed E-state index contributed by atoms with van der Waals surface area (Å²) in [6.07, 6.45) is 9.12. The van der Waals surface area contributed by atoms with Gasteiger partial charge in [0, 0.05) is 0 Å². The van der Waals surface area contributed by atoms with Crippen LogP contribution in [0.4, 0.5) is 4.39 Å². The Kier molecular flexibility index (Phi) is 4.42. The lowest BCUT2D eigenvalue weighted by Gasteiger charge is -2.38. The van der Waals surface area contributed by atoms with Crippen LogP contribution in [0.2, 0.25) is 0 Å². The van der Waals surface area contributed by atoms with Gasteiger partial charge in [0.2, 0.25) is 0 Å². The number of benzene rings is 1. The minimum Gasteiger partial charge on any atom is -0.207 e. The van der Waals surface area contributed by atoms with Gasteiger partial charge in [-0.15, -0.1) is 0 Å². The van der Waals surface area contributed by atoms with Gasteiger partial charge in [0.15, 0.2) is 0 Å². The van der Waals surface area contributed by atoms with E-state index >= 15 is 0 Å². The molecule has 0 aliphatic heterocycles. The Balaban J connectivity index is 2.20. The molecule has 0 atom stereocenters. The molecule has 0 N–H and O–H groups in total. The number of hydrogen-bond acceptors (Lipinski definition) is 0. The molecular formula is C17H25F. The van der Waals surface area contributed by atoms with Crippen LogP contribution in [0.3, 0.4) is 0 Å². The Morgan fingerprint density at radius 3 is 2.22 bits per heavy atom. The minimum absolute atomic E-state index is 0.117. The van der Waals surface area contributed by atoms with Crippen molar-refractivity contribution in [2.24, 2.45) is 5.92 Å². The molecule has 100 valence electrons. The third-order valence-corrected chi connectivity index (χ3v) is 4.47. The highest BCUT2D eigenvalue weighted by molar-refractivity contribution is 5.26. The molecule has 0 heterocycles. The quantitative estimate of drug-likeness (QED) is 0.663. The predicted octanol–water partition coefficient (Wildman–Crippen LogP) is 5.46. The smallest absolute Gasteiger partial charge is 0.123 e. The summed E-state index contributed by atoms with van der Waals surface area (Å²) in [5.74, 6) is 0.637. The monoisotopic (exact) mass is 248 g/mol. The fourth-order valence-electron chi connectivity index (χ4n) is 3.28. The summed E-state index contributed by atoms with van der Waals surface area (Å²) in [6, 6.07) is 7.28. The van der Waals surface area contributed by atoms with Crippen molar-refractivity contribution in [1.29, 1.82) is 0 Å². The Hall–Kier alpha value is -0.850. The topological polar surface area (TPSA) is 0 Å². The molecule has 1 heteroatoms. The summed E-state index contributed by atoms with van der Waals surface area (Å²) in [6.45, 7) is 4.59. The molecule has 1 aromatic carbocycles. The van der Waals surface area contributed by atoms with E-state index in [1.165, 1.54) is 50.5 Å². The van der Waals surface area contributed by atoms with Crippen molar-refractivity contribution in [3.63, 3.8) is 0 Å². The second kappa shape index (κ2) is 5.86. The first-order chi connectivity index (χ1) is 8.62. The first-order valence-electron chi connectivity index (χ1n) is 7.38. The molecule has 18 heavy (non-hydrogen) atoms. The second-order valence-corrected chi connectivity index (χ2v) is 6.28. The maximum atomic E-state index is 13.1. The summed E-state index contributed by atoms with van der Waals surface area (Å²) in [5.41, 5.74) is 1.69. The van der Waals surface area contributed by atoms with Crippen LogP contribution in [0.1, 0.15) is 64.4 Å². The van der Waals surface area contributed by atoms with Gasteiger partial charge in [-0.2, -0.15) is 0 Å². The van der Waals surface area contributed by atoms with Gasteiger partial charge in [0.1, 0.15) is 5.82 Å². The molecule has 0 aromatic heterocycles. The van der Waals surface area contributed by atoms with Crippen LogP contribution in [0.25, 0.3) is 0 Å². The Morgan fingerprint density at radius 2 is 1.67 bits per heavy atom. The lowest BCUT2D eigenvalue weighted by atomic mass is 9.66. The number of hydrogen-bond donors (Lipinski definition) is 0. The van der Waals surface area contributed by atoms with Gasteiger partial charge in [0.05, 0.1) is 0 Å². The summed E-state index contributed by atoms with van der Waals surface area (Å²) in [4.78, 5) is 0. The molecule has 0 nitrogen and oxygen atoms in total. The van der Waals surface area contributed by atoms with E-state index in [4.69, 9.17) is 0 Å². The van der Waals surface area contributed by atoms with E-state index in [0.717, 1.165) is 5.92 Å². The van der Waals surface area contributed by atoms with Crippen molar-refractivity contribution in [2.75, 3.05) is 0 Å². The average molecular weight is 248 g/mol. The van der Waals surface area contributed by atoms with Gasteiger partial charge < -0.3 is 0 Å². The first-order valence-corrected chi connectivity index (χ1v) is 7.38. The molecule has 0 bridgehead atoms. The van der Waals surface area contributed by atoms with Crippen molar-refractivity contribution < 1.29 is 4.39 Å². The molecule has 0 saturated heterocycles. The highest BCUT2D eigenvalue weighted by Gasteiger charge is 2.33. The van der Waals surface area contributed by atoms with Gasteiger partial charge in [-0.05, 0) is 48.3 Å². The van der Waals surface area contributed by atoms with Gasteiger partial charge in [-0.3, -0.25) is 0 Å². The molecular weight excluding hydrogens is 223 g/mol. The van der Waals surface area contributed by atoms with Crippen LogP contribution in [0.15, 0.2) is 24.3 Å². The molecule has 1 aliphatic rings. The van der Waals surface area contributed by atoms with Crippen LogP contribution < -0.4 is 0 Å². The molecule has 2 rings (SSSR count). The molecule has 0 spiro atoms. The molecule has 0 amide bonds. The van der Waals surface area contributed by atoms with Crippen molar-refractivity contribution in [3.05, 3.63) is 35.6 Å². The number of rotatable bonds is 4. The highest BCUT2D eigenvalue weighted by Crippen LogP contribution is 2.43. The highest BCUT2D eigenvalue weighted by atomic mass is 19.1. The zero-order valence-electron chi connectivity index (χ0n) is 11.7. The summed E-state index contributed by atoms with van der Waals surface area (Å²) in [7, 11) is 0. The van der Waals surface area contributed by atoms with E-state index in [1.54, 1.807) is 12.1 Å². The van der Waals surface area contributed by atoms with Crippen molar-refractivity contribution in [1.82, 2.24) is 0 Å². The van der Waals surface area contributed by atoms with Crippen LogP contribution >= 0.6 is 0 Å². The van der Waals surface area contributed by atoms with Crippen LogP contribution in [0.5, 0.6) is 0 Å². The maximum Gasteiger partial charge on any atom is 0.123 e. The SMILES string of the molecule is CC(C)CCC1(c2ccc(F)cc2)CCCCC1. The first kappa shape index (κ1) is 13.6. The Morgan fingerprint density at radius 1 is 1.06 bits per heavy atom. The fraction of sp³-hybridized carbons (Fsp3) is 0.647. The zero-order chi connectivity index (χ0) is 13.0. The zero-order valence-corrected chi connectivity index (χ0v) is 11.7. The summed E-state index contributed by atoms with van der Waals surface area (Å²) >= 11 is 0. The summed E-state index contributed by atoms with van der Waals surface area (Å²) < 4.78 is 13.1. The third kappa shape index (κ3) is 3.13. The predicted molar refractivity (Wildman–Crippen MR) is 75.2 cm³/mol. The molecule has 0 unspecified atom stereocenters. The van der Waals surface area contributed by atoms with Crippen molar-refractivity contribution in [3.8, 4) is 0 Å². The molecule has 1 fully saturated rings. The van der Waals surface area contributed by atoms with Crippen molar-refractivity contribution in [2.45, 2.75) is 64.2 Å². The Bertz CT molecular complexity index is 358. The molecule has 0 radical (unpaired) electrons. The number of halogens is 1. The normalized spacial score (nSPS) is 19.1. The van der Waals surface area contributed by atoms with Gasteiger partial charge in [-0.1, -0.05) is 51.7 Å². The minimum atomic E-state index is -0.117. The van der Waals surface area contributed by atoms with Crippen LogP contribution in [-0.4, -0.2) is 0 Å². The van der Waals surface area contributed by atoms with E-state index < -0.39 is 0 Å². The van der Waals surface area contributed by atoms with E-state index in [0.29, 0.717) is 5.41 Å². The molecule has 1 aromatic rings. The second-order valence-electron chi connectivity index (χ2n) is 6.28. The van der Waals surface area contributed by atoms with Crippen molar-refractivity contribution >= 4 is 0 Å². The molecule has 1 aliphatic carbocycles. The standard InChI is InChI=1S/C17H25F/c1-14(2)10-13-17(11-4-3-5-12-17)15-6-8-16(18)9-7-15/h6-9,14H,3-5,10-13H2,1-2H3. The van der Waals surface area contributed by atoms with Crippen LogP contribution in [-0.2, 0) is 5.41 Å².